The van der Waals surface area contributed by atoms with Crippen LogP contribution >= 0.6 is 0 Å². The highest BCUT2D eigenvalue weighted by atomic mass is 14.8. The van der Waals surface area contributed by atoms with Crippen LogP contribution in [0.15, 0.2) is 53.7 Å². The number of fused-ring (bicyclic) bond motifs is 1. The molecule has 0 N–H and O–H groups in total. The van der Waals surface area contributed by atoms with Crippen LogP contribution in [0.3, 0.4) is 0 Å². The Bertz CT molecular complexity index is 453. The van der Waals surface area contributed by atoms with Crippen LogP contribution in [-0.2, 0) is 6.54 Å². The number of hydrogen-bond donors (Lipinski definition) is 0. The Labute approximate surface area is 89.4 Å². The molecule has 1 aliphatic heterocycles. The van der Waals surface area contributed by atoms with Gasteiger partial charge in [-0.1, -0.05) is 30.9 Å². The molecule has 2 heterocycles. The molecule has 0 bridgehead atoms. The molecule has 74 valence electrons. The van der Waals surface area contributed by atoms with Gasteiger partial charge in [0.15, 0.2) is 0 Å². The predicted molar refractivity (Wildman–Crippen MR) is 63.7 cm³/mol. The second-order valence-electron chi connectivity index (χ2n) is 3.30. The summed E-state index contributed by atoms with van der Waals surface area (Å²) in [6, 6.07) is 3.96. The van der Waals surface area contributed by atoms with Gasteiger partial charge >= 0.3 is 0 Å². The molecule has 1 aliphatic rings. The van der Waals surface area contributed by atoms with E-state index in [4.69, 9.17) is 0 Å². The highest BCUT2D eigenvalue weighted by Gasteiger charge is 1.98. The molecular formula is C13H12N2. The second kappa shape index (κ2) is 4.51. The molecular weight excluding hydrogens is 184 g/mol. The Balaban J connectivity index is 2.41. The zero-order chi connectivity index (χ0) is 10.5. The molecule has 0 aliphatic carbocycles. The molecule has 0 aromatic carbocycles. The van der Waals surface area contributed by atoms with Gasteiger partial charge in [0, 0.05) is 12.4 Å². The summed E-state index contributed by atoms with van der Waals surface area (Å²) in [4.78, 5) is 8.56. The average molecular weight is 196 g/mol. The largest absolute Gasteiger partial charge is 0.287 e. The quantitative estimate of drug-likeness (QED) is 0.626. The number of pyridine rings is 1. The molecule has 2 nitrogen and oxygen atoms in total. The summed E-state index contributed by atoms with van der Waals surface area (Å²) in [5, 5.41) is 0. The van der Waals surface area contributed by atoms with E-state index >= 15 is 0 Å². The van der Waals surface area contributed by atoms with Crippen LogP contribution in [0.5, 0.6) is 0 Å². The van der Waals surface area contributed by atoms with E-state index in [2.05, 4.69) is 16.6 Å². The van der Waals surface area contributed by atoms with Crippen LogP contribution < -0.4 is 0 Å². The predicted octanol–water partition coefficient (Wildman–Crippen LogP) is 2.79. The summed E-state index contributed by atoms with van der Waals surface area (Å²) in [5.74, 6) is 0. The van der Waals surface area contributed by atoms with Crippen LogP contribution in [0.1, 0.15) is 11.3 Å². The molecule has 0 unspecified atom stereocenters. The van der Waals surface area contributed by atoms with Crippen LogP contribution in [0.25, 0.3) is 6.08 Å². The van der Waals surface area contributed by atoms with Crippen molar-refractivity contribution in [3.8, 4) is 0 Å². The van der Waals surface area contributed by atoms with Crippen LogP contribution in [-0.4, -0.2) is 11.2 Å². The van der Waals surface area contributed by atoms with Crippen molar-refractivity contribution in [2.24, 2.45) is 4.99 Å². The van der Waals surface area contributed by atoms with Crippen LogP contribution in [0.2, 0.25) is 0 Å². The molecule has 0 fully saturated rings. The highest BCUT2D eigenvalue weighted by molar-refractivity contribution is 5.73. The van der Waals surface area contributed by atoms with Crippen molar-refractivity contribution >= 4 is 12.3 Å². The smallest absolute Gasteiger partial charge is 0.0817 e. The summed E-state index contributed by atoms with van der Waals surface area (Å²) in [6.07, 6.45) is 11.4. The van der Waals surface area contributed by atoms with E-state index in [-0.39, 0.29) is 0 Å². The third-order valence-corrected chi connectivity index (χ3v) is 2.15. The first-order chi connectivity index (χ1) is 7.36. The van der Waals surface area contributed by atoms with Gasteiger partial charge in [0.05, 0.1) is 12.2 Å². The third-order valence-electron chi connectivity index (χ3n) is 2.15. The van der Waals surface area contributed by atoms with Crippen molar-refractivity contribution in [1.29, 1.82) is 0 Å². The maximum absolute atomic E-state index is 4.30. The number of rotatable bonds is 0. The zero-order valence-corrected chi connectivity index (χ0v) is 8.43. The number of aliphatic imine (C=N–C) groups is 1. The molecule has 0 atom stereocenters. The summed E-state index contributed by atoms with van der Waals surface area (Å²) in [5.41, 5.74) is 3.05. The molecule has 15 heavy (non-hydrogen) atoms. The van der Waals surface area contributed by atoms with Crippen molar-refractivity contribution in [2.45, 2.75) is 6.54 Å². The van der Waals surface area contributed by atoms with Crippen molar-refractivity contribution in [2.75, 3.05) is 0 Å². The van der Waals surface area contributed by atoms with Crippen molar-refractivity contribution in [3.63, 3.8) is 0 Å². The van der Waals surface area contributed by atoms with Gasteiger partial charge < -0.3 is 0 Å². The van der Waals surface area contributed by atoms with Gasteiger partial charge in [-0.05, 0) is 23.3 Å². The Morgan fingerprint density at radius 1 is 1.20 bits per heavy atom. The topological polar surface area (TPSA) is 25.2 Å². The maximum atomic E-state index is 4.30. The minimum Gasteiger partial charge on any atom is -0.287 e. The van der Waals surface area contributed by atoms with E-state index in [0.29, 0.717) is 6.54 Å². The molecule has 0 saturated heterocycles. The minimum absolute atomic E-state index is 0.622. The minimum atomic E-state index is 0.622. The number of nitrogens with zero attached hydrogens (tertiary/aromatic N) is 2. The lowest BCUT2D eigenvalue weighted by Gasteiger charge is -2.02. The van der Waals surface area contributed by atoms with Gasteiger partial charge in [0.2, 0.25) is 0 Å². The van der Waals surface area contributed by atoms with E-state index in [1.165, 1.54) is 0 Å². The zero-order valence-electron chi connectivity index (χ0n) is 8.43. The Morgan fingerprint density at radius 3 is 3.07 bits per heavy atom. The highest BCUT2D eigenvalue weighted by Crippen LogP contribution is 2.11. The first-order valence-electron chi connectivity index (χ1n) is 4.83. The fraction of sp³-hybridized carbons (Fsp3) is 0.0769. The Morgan fingerprint density at radius 2 is 2.13 bits per heavy atom. The van der Waals surface area contributed by atoms with Gasteiger partial charge in [0.25, 0.3) is 0 Å². The van der Waals surface area contributed by atoms with Crippen molar-refractivity contribution in [1.82, 2.24) is 4.98 Å². The molecule has 2 heteroatoms. The van der Waals surface area contributed by atoms with Gasteiger partial charge in [-0.2, -0.15) is 0 Å². The van der Waals surface area contributed by atoms with Gasteiger partial charge in [0.1, 0.15) is 0 Å². The third kappa shape index (κ3) is 2.50. The van der Waals surface area contributed by atoms with Gasteiger partial charge in [-0.3, -0.25) is 9.98 Å². The summed E-state index contributed by atoms with van der Waals surface area (Å²) in [7, 11) is 0. The number of allylic oxidation sites excluding steroid dienone is 4. The van der Waals surface area contributed by atoms with E-state index in [0.717, 1.165) is 16.8 Å². The van der Waals surface area contributed by atoms with E-state index in [9.17, 15) is 0 Å². The Hall–Kier alpha value is -1.96. The summed E-state index contributed by atoms with van der Waals surface area (Å²) in [6.45, 7) is 4.53. The lowest BCUT2D eigenvalue weighted by Crippen LogP contribution is -1.92. The number of hydrogen-bond acceptors (Lipinski definition) is 2. The SMILES string of the molecule is C=C1/C=C\C=N/Cc2ncccc2/C=C\1. The van der Waals surface area contributed by atoms with Crippen LogP contribution in [0, 0.1) is 0 Å². The Kier molecular flexibility index (Phi) is 2.88. The first kappa shape index (κ1) is 9.59. The molecule has 1 aromatic heterocycles. The van der Waals surface area contributed by atoms with Gasteiger partial charge in [-0.15, -0.1) is 0 Å². The standard InChI is InChI=1S/C13H12N2/c1-11-4-2-8-14-10-13-12(7-6-11)5-3-9-15-13/h2-9H,1,10H2/b4-2-,7-6-,14-8-. The monoisotopic (exact) mass is 196 g/mol. The molecule has 0 spiro atoms. The maximum Gasteiger partial charge on any atom is 0.0817 e. The summed E-state index contributed by atoms with van der Waals surface area (Å²) < 4.78 is 0. The fourth-order valence-electron chi connectivity index (χ4n) is 1.35. The van der Waals surface area contributed by atoms with E-state index in [1.807, 2.05) is 36.4 Å². The van der Waals surface area contributed by atoms with Crippen molar-refractivity contribution in [3.05, 3.63) is 60.0 Å². The second-order valence-corrected chi connectivity index (χ2v) is 3.30. The lowest BCUT2D eigenvalue weighted by atomic mass is 10.1. The molecule has 0 radical (unpaired) electrons. The molecule has 0 amide bonds. The van der Waals surface area contributed by atoms with Gasteiger partial charge in [-0.25, -0.2) is 0 Å². The summed E-state index contributed by atoms with van der Waals surface area (Å²) >= 11 is 0. The van der Waals surface area contributed by atoms with E-state index in [1.54, 1.807) is 12.4 Å². The lowest BCUT2D eigenvalue weighted by molar-refractivity contribution is 0.990. The van der Waals surface area contributed by atoms with Crippen LogP contribution in [0.4, 0.5) is 0 Å². The van der Waals surface area contributed by atoms with Crippen molar-refractivity contribution < 1.29 is 0 Å². The first-order valence-corrected chi connectivity index (χ1v) is 4.83. The van der Waals surface area contributed by atoms with E-state index < -0.39 is 0 Å². The fourth-order valence-corrected chi connectivity index (χ4v) is 1.35. The molecule has 1 aromatic rings. The number of aromatic nitrogens is 1. The normalized spacial score (nSPS) is 21.5. The average Bonchev–Trinajstić information content (AvgIpc) is 2.27. The molecule has 2 rings (SSSR count). The molecule has 0 saturated carbocycles.